The topological polar surface area (TPSA) is 172 Å². The van der Waals surface area contributed by atoms with Crippen molar-refractivity contribution in [1.29, 1.82) is 0 Å². The van der Waals surface area contributed by atoms with Crippen molar-refractivity contribution in [2.45, 2.75) is 51.4 Å². The van der Waals surface area contributed by atoms with E-state index in [1.165, 1.54) is 156 Å². The quantitative estimate of drug-likeness (QED) is 0.132. The highest BCUT2D eigenvalue weighted by Gasteiger charge is 2.36. The summed E-state index contributed by atoms with van der Waals surface area (Å²) in [6.07, 6.45) is 30.3. The lowest BCUT2D eigenvalue weighted by atomic mass is 9.99. The first-order valence-electron chi connectivity index (χ1n) is 42.5. The van der Waals surface area contributed by atoms with E-state index in [2.05, 4.69) is 232 Å². The second-order valence-corrected chi connectivity index (χ2v) is 34.1. The van der Waals surface area contributed by atoms with Crippen LogP contribution >= 0.6 is 0 Å². The molecule has 0 amide bonds. The molecule has 16 nitrogen and oxygen atoms in total. The lowest BCUT2D eigenvalue weighted by molar-refractivity contribution is 1.08. The van der Waals surface area contributed by atoms with Crippen molar-refractivity contribution in [1.82, 2.24) is 77.4 Å². The summed E-state index contributed by atoms with van der Waals surface area (Å²) in [4.78, 5) is 57.2. The SMILES string of the molecule is c1ccc2c(c1)Cc1cc3c(cc1-2)-c1nc2c4ncccc4c4ccncc4n2c1C3.c1ccc2c(c1)Cc1cc3c(cc1-2)-c1nc2c4ncccc4c4ccncc4n2c1C3.c1ccc2c(c1)Cc1cc3c(cc1-2)-c1nc2c4ncccc4c4ccncc4n2c1C3.c1ccc2c(c1)Cc1cc3c(cc1-2)-c1nc2c4ncccc4c4ccncc4n2c1C3. The molecule has 32 rings (SSSR count). The Kier molecular flexibility index (Phi) is 13.3. The van der Waals surface area contributed by atoms with Crippen LogP contribution in [0, 0.1) is 0 Å². The third-order valence-electron chi connectivity index (χ3n) is 27.8. The Hall–Kier alpha value is -16.2. The van der Waals surface area contributed by atoms with Gasteiger partial charge >= 0.3 is 0 Å². The second kappa shape index (κ2) is 24.7. The zero-order chi connectivity index (χ0) is 80.4. The fourth-order valence-electron chi connectivity index (χ4n) is 22.5. The van der Waals surface area contributed by atoms with Crippen LogP contribution in [0.1, 0.15) is 89.5 Å². The summed E-state index contributed by atoms with van der Waals surface area (Å²) in [5, 5.41) is 9.16. The van der Waals surface area contributed by atoms with Gasteiger partial charge in [0.05, 0.1) is 92.4 Å². The molecule has 0 spiro atoms. The van der Waals surface area contributed by atoms with E-state index in [-0.39, 0.29) is 0 Å². The highest BCUT2D eigenvalue weighted by molar-refractivity contribution is 6.15. The summed E-state index contributed by atoms with van der Waals surface area (Å²) in [5.41, 5.74) is 54.0. The molecule has 16 aromatic heterocycles. The largest absolute Gasteiger partial charge is 0.292 e. The lowest BCUT2D eigenvalue weighted by Gasteiger charge is -2.09. The van der Waals surface area contributed by atoms with Crippen molar-refractivity contribution in [3.8, 4) is 89.5 Å². The fraction of sp³-hybridized carbons (Fsp3) is 0.0741. The van der Waals surface area contributed by atoms with Crippen LogP contribution in [0.5, 0.6) is 0 Å². The summed E-state index contributed by atoms with van der Waals surface area (Å²) in [7, 11) is 0. The second-order valence-electron chi connectivity index (χ2n) is 34.1. The van der Waals surface area contributed by atoms with Gasteiger partial charge in [0.1, 0.15) is 22.1 Å². The Labute approximate surface area is 706 Å². The molecular formula is C108H64N16. The van der Waals surface area contributed by atoms with E-state index in [9.17, 15) is 0 Å². The number of hydrogen-bond acceptors (Lipinski definition) is 12. The average molecular weight is 1590 g/mol. The minimum atomic E-state index is 0.887. The molecule has 0 radical (unpaired) electrons. The molecule has 0 saturated carbocycles. The molecule has 576 valence electrons. The van der Waals surface area contributed by atoms with Crippen LogP contribution in [0.2, 0.25) is 0 Å². The maximum atomic E-state index is 5.17. The fourth-order valence-corrected chi connectivity index (χ4v) is 22.5. The highest BCUT2D eigenvalue weighted by atomic mass is 15.1. The molecule has 0 fully saturated rings. The van der Waals surface area contributed by atoms with Crippen LogP contribution < -0.4 is 0 Å². The number of hydrogen-bond donors (Lipinski definition) is 0. The molecule has 124 heavy (non-hydrogen) atoms. The smallest absolute Gasteiger partial charge is 0.164 e. The van der Waals surface area contributed by atoms with Gasteiger partial charge in [0, 0.05) is 141 Å². The lowest BCUT2D eigenvalue weighted by Crippen LogP contribution is -1.98. The van der Waals surface area contributed by atoms with Crippen LogP contribution in [-0.4, -0.2) is 77.4 Å². The third kappa shape index (κ3) is 9.18. The van der Waals surface area contributed by atoms with Gasteiger partial charge in [-0.15, -0.1) is 0 Å². The molecule has 24 aromatic rings. The number of pyridine rings is 12. The van der Waals surface area contributed by atoms with Crippen molar-refractivity contribution in [2.75, 3.05) is 0 Å². The maximum absolute atomic E-state index is 5.17. The van der Waals surface area contributed by atoms with Crippen LogP contribution in [-0.2, 0) is 51.4 Å². The number of imidazole rings is 4. The van der Waals surface area contributed by atoms with Crippen LogP contribution in [0.25, 0.3) is 199 Å². The number of nitrogens with zero attached hydrogens (tertiary/aromatic N) is 16. The number of aromatic nitrogens is 16. The van der Waals surface area contributed by atoms with E-state index in [0.717, 1.165) is 184 Å². The van der Waals surface area contributed by atoms with E-state index in [0.29, 0.717) is 0 Å². The molecule has 0 unspecified atom stereocenters. The molecule has 0 bridgehead atoms. The van der Waals surface area contributed by atoms with Crippen LogP contribution in [0.3, 0.4) is 0 Å². The van der Waals surface area contributed by atoms with Gasteiger partial charge in [0.15, 0.2) is 22.6 Å². The monoisotopic (exact) mass is 1580 g/mol. The Morgan fingerprint density at radius 1 is 0.185 bits per heavy atom. The summed E-state index contributed by atoms with van der Waals surface area (Å²) in [6.45, 7) is 0. The van der Waals surface area contributed by atoms with E-state index >= 15 is 0 Å². The summed E-state index contributed by atoms with van der Waals surface area (Å²) < 4.78 is 9.14. The summed E-state index contributed by atoms with van der Waals surface area (Å²) in [5.74, 6) is 0. The molecule has 8 aliphatic carbocycles. The highest BCUT2D eigenvalue weighted by Crippen LogP contribution is 2.52. The molecule has 0 aliphatic heterocycles. The first-order valence-corrected chi connectivity index (χ1v) is 42.5. The Morgan fingerprint density at radius 3 is 0.669 bits per heavy atom. The zero-order valence-corrected chi connectivity index (χ0v) is 66.5. The van der Waals surface area contributed by atoms with E-state index in [4.69, 9.17) is 39.9 Å². The van der Waals surface area contributed by atoms with Crippen LogP contribution in [0.15, 0.2) is 293 Å². The standard InChI is InChI=1S/4C27H16N4/c4*1-2-5-18-15(4-1)10-16-11-17-12-23-25(22(17)13-21(16)18)30-27-26-20(6-3-8-29-26)19-7-9-28-14-24(19)31(23)27/h4*1-9,11,13-14H,10,12H2. The third-order valence-corrected chi connectivity index (χ3v) is 27.8. The Balaban J connectivity index is 0.0000000828. The molecule has 0 N–H and O–H groups in total. The van der Waals surface area contributed by atoms with Crippen molar-refractivity contribution in [2.24, 2.45) is 0 Å². The van der Waals surface area contributed by atoms with Crippen molar-refractivity contribution in [3.05, 3.63) is 382 Å². The van der Waals surface area contributed by atoms with Crippen molar-refractivity contribution in [3.63, 3.8) is 0 Å². The van der Waals surface area contributed by atoms with Crippen molar-refractivity contribution < 1.29 is 0 Å². The van der Waals surface area contributed by atoms with E-state index in [1.54, 1.807) is 0 Å². The zero-order valence-electron chi connectivity index (χ0n) is 66.5. The molecular weight excluding hydrogens is 1520 g/mol. The summed E-state index contributed by atoms with van der Waals surface area (Å²) >= 11 is 0. The number of rotatable bonds is 0. The molecule has 16 heterocycles. The number of fused-ring (bicyclic) bond motifs is 52. The molecule has 0 saturated heterocycles. The first-order chi connectivity index (χ1) is 61.5. The van der Waals surface area contributed by atoms with E-state index in [1.807, 2.05) is 98.6 Å². The first kappa shape index (κ1) is 66.7. The predicted molar refractivity (Wildman–Crippen MR) is 489 cm³/mol. The van der Waals surface area contributed by atoms with E-state index < -0.39 is 0 Å². The number of benzene rings is 8. The Bertz CT molecular complexity index is 8010. The minimum absolute atomic E-state index is 0.887. The maximum Gasteiger partial charge on any atom is 0.164 e. The van der Waals surface area contributed by atoms with Crippen molar-refractivity contribution >= 4 is 110 Å². The predicted octanol–water partition coefficient (Wildman–Crippen LogP) is 22.3. The van der Waals surface area contributed by atoms with Gasteiger partial charge in [-0.2, -0.15) is 0 Å². The molecule has 16 heteroatoms. The average Bonchev–Trinajstić information content (AvgIpc) is 1.56. The van der Waals surface area contributed by atoms with Gasteiger partial charge in [-0.1, -0.05) is 146 Å². The van der Waals surface area contributed by atoms with Gasteiger partial charge in [-0.05, 0) is 210 Å². The minimum Gasteiger partial charge on any atom is -0.292 e. The van der Waals surface area contributed by atoms with Gasteiger partial charge < -0.3 is 0 Å². The Morgan fingerprint density at radius 2 is 0.419 bits per heavy atom. The van der Waals surface area contributed by atoms with Gasteiger partial charge in [-0.3, -0.25) is 57.5 Å². The molecule has 8 aromatic carbocycles. The van der Waals surface area contributed by atoms with Gasteiger partial charge in [0.2, 0.25) is 0 Å². The molecule has 0 atom stereocenters. The van der Waals surface area contributed by atoms with Crippen LogP contribution in [0.4, 0.5) is 0 Å². The van der Waals surface area contributed by atoms with Gasteiger partial charge in [-0.25, -0.2) is 19.9 Å². The normalized spacial score (nSPS) is 13.5. The molecule has 8 aliphatic rings. The summed E-state index contributed by atoms with van der Waals surface area (Å²) in [6, 6.07) is 78.9. The van der Waals surface area contributed by atoms with Gasteiger partial charge in [0.25, 0.3) is 0 Å².